The molecule has 0 saturated heterocycles. The lowest BCUT2D eigenvalue weighted by Gasteiger charge is -2.24. The largest absolute Gasteiger partial charge is 0.480 e. The van der Waals surface area contributed by atoms with Crippen LogP contribution in [0.3, 0.4) is 0 Å². The second-order valence-electron chi connectivity index (χ2n) is 3.20. The van der Waals surface area contributed by atoms with Crippen LogP contribution in [0, 0.1) is 0 Å². The van der Waals surface area contributed by atoms with E-state index in [2.05, 4.69) is 5.32 Å². The van der Waals surface area contributed by atoms with Crippen LogP contribution in [0.1, 0.15) is 20.8 Å². The molecular weight excluding hydrogens is 160 g/mol. The van der Waals surface area contributed by atoms with Crippen LogP contribution >= 0.6 is 0 Å². The first-order valence-electron chi connectivity index (χ1n) is 3.58. The summed E-state index contributed by atoms with van der Waals surface area (Å²) in [4.78, 5) is 21.1. The Morgan fingerprint density at radius 2 is 1.92 bits per heavy atom. The van der Waals surface area contributed by atoms with E-state index in [0.29, 0.717) is 0 Å². The molecule has 0 saturated carbocycles. The Kier molecular flexibility index (Phi) is 3.21. The van der Waals surface area contributed by atoms with Crippen LogP contribution in [0.5, 0.6) is 0 Å². The van der Waals surface area contributed by atoms with Gasteiger partial charge in [0.05, 0.1) is 6.04 Å². The summed E-state index contributed by atoms with van der Waals surface area (Å²) in [7, 11) is 0. The standard InChI is InChI=1S/C7H14N2O3/c1-4(5(8)10)9-7(2,3)6(11)12/h4,9H,1-3H3,(H2,8,10)(H,11,12). The molecule has 0 radical (unpaired) electrons. The highest BCUT2D eigenvalue weighted by Gasteiger charge is 2.29. The number of carboxylic acids is 1. The SMILES string of the molecule is CC(NC(C)(C)C(=O)O)C(N)=O. The monoisotopic (exact) mass is 174 g/mol. The van der Waals surface area contributed by atoms with Gasteiger partial charge in [-0.2, -0.15) is 0 Å². The van der Waals surface area contributed by atoms with Gasteiger partial charge in [0, 0.05) is 0 Å². The van der Waals surface area contributed by atoms with Crippen molar-refractivity contribution in [2.24, 2.45) is 5.73 Å². The minimum Gasteiger partial charge on any atom is -0.480 e. The van der Waals surface area contributed by atoms with Crippen molar-refractivity contribution >= 4 is 11.9 Å². The average Bonchev–Trinajstić information content (AvgIpc) is 1.85. The van der Waals surface area contributed by atoms with E-state index < -0.39 is 23.5 Å². The minimum absolute atomic E-state index is 0.565. The van der Waals surface area contributed by atoms with E-state index in [1.165, 1.54) is 20.8 Å². The zero-order chi connectivity index (χ0) is 9.94. The summed E-state index contributed by atoms with van der Waals surface area (Å²) in [6.45, 7) is 4.45. The van der Waals surface area contributed by atoms with E-state index in [0.717, 1.165) is 0 Å². The molecule has 1 atom stereocenters. The van der Waals surface area contributed by atoms with Crippen molar-refractivity contribution in [1.82, 2.24) is 5.32 Å². The molecule has 0 spiro atoms. The van der Waals surface area contributed by atoms with Gasteiger partial charge in [0.2, 0.25) is 5.91 Å². The van der Waals surface area contributed by atoms with Gasteiger partial charge in [0.1, 0.15) is 5.54 Å². The van der Waals surface area contributed by atoms with E-state index >= 15 is 0 Å². The lowest BCUT2D eigenvalue weighted by molar-refractivity contribution is -0.143. The first-order valence-corrected chi connectivity index (χ1v) is 3.58. The summed E-state index contributed by atoms with van der Waals surface area (Å²) in [5.41, 5.74) is 3.82. The molecule has 0 aromatic heterocycles. The third kappa shape index (κ3) is 2.87. The third-order valence-corrected chi connectivity index (χ3v) is 1.54. The van der Waals surface area contributed by atoms with E-state index in [4.69, 9.17) is 10.8 Å². The minimum atomic E-state index is -1.13. The Labute approximate surface area is 70.9 Å². The van der Waals surface area contributed by atoms with Crippen LogP contribution in [0.2, 0.25) is 0 Å². The molecule has 0 bridgehead atoms. The third-order valence-electron chi connectivity index (χ3n) is 1.54. The molecule has 0 heterocycles. The summed E-state index contributed by atoms with van der Waals surface area (Å²) in [6.07, 6.45) is 0. The van der Waals surface area contributed by atoms with Crippen LogP contribution in [-0.2, 0) is 9.59 Å². The lowest BCUT2D eigenvalue weighted by Crippen LogP contribution is -2.54. The van der Waals surface area contributed by atoms with Crippen molar-refractivity contribution in [3.63, 3.8) is 0 Å². The quantitative estimate of drug-likeness (QED) is 0.526. The Morgan fingerprint density at radius 3 is 2.17 bits per heavy atom. The second kappa shape index (κ2) is 3.53. The van der Waals surface area contributed by atoms with E-state index in [1.807, 2.05) is 0 Å². The van der Waals surface area contributed by atoms with Crippen molar-refractivity contribution in [3.8, 4) is 0 Å². The number of nitrogens with one attached hydrogen (secondary N) is 1. The lowest BCUT2D eigenvalue weighted by atomic mass is 10.0. The van der Waals surface area contributed by atoms with Gasteiger partial charge in [-0.25, -0.2) is 0 Å². The Bertz CT molecular complexity index is 201. The van der Waals surface area contributed by atoms with E-state index in [9.17, 15) is 9.59 Å². The van der Waals surface area contributed by atoms with Gasteiger partial charge in [-0.1, -0.05) is 0 Å². The molecule has 0 fully saturated rings. The van der Waals surface area contributed by atoms with Crippen molar-refractivity contribution in [1.29, 1.82) is 0 Å². The highest BCUT2D eigenvalue weighted by molar-refractivity contribution is 5.82. The van der Waals surface area contributed by atoms with E-state index in [-0.39, 0.29) is 0 Å². The first kappa shape index (κ1) is 10.9. The topological polar surface area (TPSA) is 92.4 Å². The van der Waals surface area contributed by atoms with Gasteiger partial charge in [-0.05, 0) is 20.8 Å². The smallest absolute Gasteiger partial charge is 0.323 e. The van der Waals surface area contributed by atoms with Gasteiger partial charge in [-0.3, -0.25) is 14.9 Å². The maximum atomic E-state index is 10.6. The molecule has 0 aromatic carbocycles. The molecule has 0 aliphatic heterocycles. The van der Waals surface area contributed by atoms with Crippen molar-refractivity contribution in [2.45, 2.75) is 32.4 Å². The van der Waals surface area contributed by atoms with Crippen LogP contribution in [0.25, 0.3) is 0 Å². The number of carboxylic acid groups (broad SMARTS) is 1. The maximum absolute atomic E-state index is 10.6. The van der Waals surface area contributed by atoms with Crippen molar-refractivity contribution < 1.29 is 14.7 Å². The number of rotatable bonds is 4. The predicted octanol–water partition coefficient (Wildman–Crippen LogP) is -0.687. The average molecular weight is 174 g/mol. The molecule has 0 aliphatic rings. The second-order valence-corrected chi connectivity index (χ2v) is 3.20. The van der Waals surface area contributed by atoms with Gasteiger partial charge < -0.3 is 10.8 Å². The number of carbonyl (C=O) groups is 2. The van der Waals surface area contributed by atoms with Gasteiger partial charge in [0.15, 0.2) is 0 Å². The van der Waals surface area contributed by atoms with Crippen molar-refractivity contribution in [2.75, 3.05) is 0 Å². The van der Waals surface area contributed by atoms with Crippen LogP contribution in [0.4, 0.5) is 0 Å². The van der Waals surface area contributed by atoms with Gasteiger partial charge in [0.25, 0.3) is 0 Å². The zero-order valence-electron chi connectivity index (χ0n) is 7.42. The van der Waals surface area contributed by atoms with Crippen molar-refractivity contribution in [3.05, 3.63) is 0 Å². The maximum Gasteiger partial charge on any atom is 0.323 e. The van der Waals surface area contributed by atoms with Gasteiger partial charge >= 0.3 is 5.97 Å². The number of hydrogen-bond donors (Lipinski definition) is 3. The molecule has 0 aliphatic carbocycles. The number of amides is 1. The summed E-state index contributed by atoms with van der Waals surface area (Å²) in [5.74, 6) is -1.58. The predicted molar refractivity (Wildman–Crippen MR) is 43.5 cm³/mol. The molecule has 5 heteroatoms. The highest BCUT2D eigenvalue weighted by Crippen LogP contribution is 2.02. The zero-order valence-corrected chi connectivity index (χ0v) is 7.42. The molecule has 70 valence electrons. The molecular formula is C7H14N2O3. The normalized spacial score (nSPS) is 13.9. The Morgan fingerprint density at radius 1 is 1.50 bits per heavy atom. The number of nitrogens with two attached hydrogens (primary N) is 1. The van der Waals surface area contributed by atoms with Gasteiger partial charge in [-0.15, -0.1) is 0 Å². The fourth-order valence-electron chi connectivity index (χ4n) is 0.674. The van der Waals surface area contributed by atoms with Crippen LogP contribution in [-0.4, -0.2) is 28.6 Å². The number of hydrogen-bond acceptors (Lipinski definition) is 3. The summed E-state index contributed by atoms with van der Waals surface area (Å²) in [5, 5.41) is 11.2. The summed E-state index contributed by atoms with van der Waals surface area (Å²) < 4.78 is 0. The first-order chi connectivity index (χ1) is 5.27. The molecule has 0 rings (SSSR count). The number of carbonyl (C=O) groups excluding carboxylic acids is 1. The Hall–Kier alpha value is -1.10. The fourth-order valence-corrected chi connectivity index (χ4v) is 0.674. The number of primary amides is 1. The summed E-state index contributed by atoms with van der Waals surface area (Å²) in [6, 6.07) is -0.643. The molecule has 5 nitrogen and oxygen atoms in total. The molecule has 1 amide bonds. The highest BCUT2D eigenvalue weighted by atomic mass is 16.4. The Balaban J connectivity index is 4.24. The van der Waals surface area contributed by atoms with Crippen LogP contribution < -0.4 is 11.1 Å². The van der Waals surface area contributed by atoms with Crippen LogP contribution in [0.15, 0.2) is 0 Å². The molecule has 0 aromatic rings. The van der Waals surface area contributed by atoms with E-state index in [1.54, 1.807) is 0 Å². The summed E-state index contributed by atoms with van der Waals surface area (Å²) >= 11 is 0. The molecule has 12 heavy (non-hydrogen) atoms. The number of aliphatic carboxylic acids is 1. The fraction of sp³-hybridized carbons (Fsp3) is 0.714. The molecule has 1 unspecified atom stereocenters. The molecule has 4 N–H and O–H groups in total.